The number of amidine groups is 1. The number of nitrogens with one attached hydrogen (secondary N) is 1. The Hall–Kier alpha value is -1.75. The minimum absolute atomic E-state index is 0.188. The van der Waals surface area contributed by atoms with E-state index in [0.717, 1.165) is 12.2 Å². The van der Waals surface area contributed by atoms with Crippen LogP contribution in [0.1, 0.15) is 38.3 Å². The normalized spacial score (nSPS) is 15.0. The smallest absolute Gasteiger partial charge is 0.140 e. The molecule has 0 fully saturated rings. The fourth-order valence-electron chi connectivity index (χ4n) is 1.96. The van der Waals surface area contributed by atoms with E-state index >= 15 is 0 Å². The van der Waals surface area contributed by atoms with Crippen molar-refractivity contribution in [1.82, 2.24) is 5.32 Å². The quantitative estimate of drug-likeness (QED) is 0.306. The Morgan fingerprint density at radius 1 is 1.42 bits per heavy atom. The summed E-state index contributed by atoms with van der Waals surface area (Å²) in [7, 11) is 1.65. The van der Waals surface area contributed by atoms with E-state index in [4.69, 9.17) is 15.7 Å². The van der Waals surface area contributed by atoms with Crippen LogP contribution in [0.4, 0.5) is 0 Å². The van der Waals surface area contributed by atoms with Gasteiger partial charge in [0.2, 0.25) is 0 Å². The molecule has 0 radical (unpaired) electrons. The summed E-state index contributed by atoms with van der Waals surface area (Å²) < 4.78 is 5.14. The van der Waals surface area contributed by atoms with Crippen LogP contribution in [0.5, 0.6) is 5.75 Å². The molecule has 0 bridgehead atoms. The SMILES string of the molecule is CCC(CC(N)=NO)NC(C)c1ccc(OC)cc1. The number of ether oxygens (including phenoxy) is 1. The average Bonchev–Trinajstić information content (AvgIpc) is 2.46. The minimum Gasteiger partial charge on any atom is -0.497 e. The Balaban J connectivity index is 2.62. The molecule has 0 spiro atoms. The fraction of sp³-hybridized carbons (Fsp3) is 0.500. The van der Waals surface area contributed by atoms with Gasteiger partial charge in [-0.2, -0.15) is 0 Å². The second kappa shape index (κ2) is 7.63. The molecule has 0 aliphatic carbocycles. The van der Waals surface area contributed by atoms with Crippen molar-refractivity contribution in [2.45, 2.75) is 38.8 Å². The molecule has 19 heavy (non-hydrogen) atoms. The maximum Gasteiger partial charge on any atom is 0.140 e. The lowest BCUT2D eigenvalue weighted by atomic mass is 10.0. The van der Waals surface area contributed by atoms with Crippen molar-refractivity contribution in [3.63, 3.8) is 0 Å². The second-order valence-electron chi connectivity index (χ2n) is 4.56. The zero-order valence-electron chi connectivity index (χ0n) is 11.8. The van der Waals surface area contributed by atoms with E-state index in [1.165, 1.54) is 5.56 Å². The van der Waals surface area contributed by atoms with E-state index in [1.54, 1.807) is 7.11 Å². The molecular formula is C14H23N3O2. The summed E-state index contributed by atoms with van der Waals surface area (Å²) in [5.41, 5.74) is 6.72. The zero-order valence-corrected chi connectivity index (χ0v) is 11.8. The molecular weight excluding hydrogens is 242 g/mol. The number of hydrogen-bond donors (Lipinski definition) is 3. The van der Waals surface area contributed by atoms with E-state index in [9.17, 15) is 0 Å². The van der Waals surface area contributed by atoms with Gasteiger partial charge in [-0.1, -0.05) is 24.2 Å². The molecule has 1 aromatic carbocycles. The number of nitrogens with zero attached hydrogens (tertiary/aromatic N) is 1. The number of oxime groups is 1. The van der Waals surface area contributed by atoms with Gasteiger partial charge in [-0.3, -0.25) is 0 Å². The van der Waals surface area contributed by atoms with E-state index in [2.05, 4.69) is 24.3 Å². The van der Waals surface area contributed by atoms with Gasteiger partial charge >= 0.3 is 0 Å². The standard InChI is InChI=1S/C14H23N3O2/c1-4-12(9-14(15)17-18)16-10(2)11-5-7-13(19-3)8-6-11/h5-8,10,12,16,18H,4,9H2,1-3H3,(H2,15,17). The third-order valence-electron chi connectivity index (χ3n) is 3.18. The molecule has 0 amide bonds. The molecule has 0 saturated heterocycles. The summed E-state index contributed by atoms with van der Waals surface area (Å²) in [4.78, 5) is 0. The molecule has 106 valence electrons. The average molecular weight is 265 g/mol. The molecule has 5 nitrogen and oxygen atoms in total. The molecule has 0 aliphatic heterocycles. The van der Waals surface area contributed by atoms with Crippen molar-refractivity contribution >= 4 is 5.84 Å². The first kappa shape index (κ1) is 15.3. The van der Waals surface area contributed by atoms with Crippen LogP contribution in [0.15, 0.2) is 29.4 Å². The largest absolute Gasteiger partial charge is 0.497 e. The molecule has 0 heterocycles. The van der Waals surface area contributed by atoms with Gasteiger partial charge in [-0.05, 0) is 31.0 Å². The highest BCUT2D eigenvalue weighted by atomic mass is 16.5. The van der Waals surface area contributed by atoms with E-state index < -0.39 is 0 Å². The molecule has 1 aromatic rings. The maximum atomic E-state index is 8.61. The van der Waals surface area contributed by atoms with Gasteiger partial charge in [0.15, 0.2) is 0 Å². The van der Waals surface area contributed by atoms with Crippen LogP contribution in [-0.2, 0) is 0 Å². The summed E-state index contributed by atoms with van der Waals surface area (Å²) >= 11 is 0. The van der Waals surface area contributed by atoms with E-state index in [0.29, 0.717) is 6.42 Å². The van der Waals surface area contributed by atoms with Crippen LogP contribution in [0.3, 0.4) is 0 Å². The lowest BCUT2D eigenvalue weighted by molar-refractivity contribution is 0.315. The molecule has 5 heteroatoms. The van der Waals surface area contributed by atoms with Crippen LogP contribution < -0.4 is 15.8 Å². The van der Waals surface area contributed by atoms with Gasteiger partial charge in [-0.15, -0.1) is 0 Å². The Labute approximate surface area is 114 Å². The Bertz CT molecular complexity index is 404. The van der Waals surface area contributed by atoms with Gasteiger partial charge in [0.1, 0.15) is 11.6 Å². The lowest BCUT2D eigenvalue weighted by Gasteiger charge is -2.22. The summed E-state index contributed by atoms with van der Waals surface area (Å²) in [5, 5.41) is 15.1. The van der Waals surface area contributed by atoms with Gasteiger partial charge in [0.05, 0.1) is 7.11 Å². The zero-order chi connectivity index (χ0) is 14.3. The topological polar surface area (TPSA) is 79.9 Å². The number of benzene rings is 1. The molecule has 0 aromatic heterocycles. The van der Waals surface area contributed by atoms with Gasteiger partial charge in [0, 0.05) is 18.5 Å². The van der Waals surface area contributed by atoms with Gasteiger partial charge in [0.25, 0.3) is 0 Å². The molecule has 1 rings (SSSR count). The number of nitrogens with two attached hydrogens (primary N) is 1. The van der Waals surface area contributed by atoms with Crippen LogP contribution in [-0.4, -0.2) is 24.2 Å². The van der Waals surface area contributed by atoms with Crippen LogP contribution >= 0.6 is 0 Å². The summed E-state index contributed by atoms with van der Waals surface area (Å²) in [5.74, 6) is 1.10. The predicted molar refractivity (Wildman–Crippen MR) is 76.6 cm³/mol. The lowest BCUT2D eigenvalue weighted by Crippen LogP contribution is -2.34. The van der Waals surface area contributed by atoms with Crippen molar-refractivity contribution in [2.75, 3.05) is 7.11 Å². The second-order valence-corrected chi connectivity index (χ2v) is 4.56. The Morgan fingerprint density at radius 2 is 2.05 bits per heavy atom. The predicted octanol–water partition coefficient (Wildman–Crippen LogP) is 2.26. The highest BCUT2D eigenvalue weighted by molar-refractivity contribution is 5.80. The Kier molecular flexibility index (Phi) is 6.15. The van der Waals surface area contributed by atoms with Crippen molar-refractivity contribution in [2.24, 2.45) is 10.9 Å². The molecule has 0 aliphatic rings. The van der Waals surface area contributed by atoms with Crippen molar-refractivity contribution in [3.05, 3.63) is 29.8 Å². The molecule has 0 saturated carbocycles. The van der Waals surface area contributed by atoms with Crippen LogP contribution in [0.25, 0.3) is 0 Å². The summed E-state index contributed by atoms with van der Waals surface area (Å²) in [6, 6.07) is 8.34. The Morgan fingerprint density at radius 3 is 2.53 bits per heavy atom. The van der Waals surface area contributed by atoms with E-state index in [-0.39, 0.29) is 17.9 Å². The van der Waals surface area contributed by atoms with Gasteiger partial charge in [-0.25, -0.2) is 0 Å². The first-order chi connectivity index (χ1) is 9.10. The number of methoxy groups -OCH3 is 1. The van der Waals surface area contributed by atoms with Crippen LogP contribution in [0.2, 0.25) is 0 Å². The molecule has 2 unspecified atom stereocenters. The number of rotatable bonds is 7. The van der Waals surface area contributed by atoms with Crippen molar-refractivity contribution in [3.8, 4) is 5.75 Å². The summed E-state index contributed by atoms with van der Waals surface area (Å²) in [6.07, 6.45) is 1.45. The first-order valence-corrected chi connectivity index (χ1v) is 6.47. The third-order valence-corrected chi connectivity index (χ3v) is 3.18. The van der Waals surface area contributed by atoms with Crippen molar-refractivity contribution < 1.29 is 9.94 Å². The molecule has 2 atom stereocenters. The monoisotopic (exact) mass is 265 g/mol. The first-order valence-electron chi connectivity index (χ1n) is 6.47. The highest BCUT2D eigenvalue weighted by Crippen LogP contribution is 2.18. The fourth-order valence-corrected chi connectivity index (χ4v) is 1.96. The summed E-state index contributed by atoms with van der Waals surface area (Å²) in [6.45, 7) is 4.17. The van der Waals surface area contributed by atoms with Crippen LogP contribution in [0, 0.1) is 0 Å². The molecule has 4 N–H and O–H groups in total. The van der Waals surface area contributed by atoms with E-state index in [1.807, 2.05) is 24.3 Å². The third kappa shape index (κ3) is 4.79. The van der Waals surface area contributed by atoms with Crippen molar-refractivity contribution in [1.29, 1.82) is 0 Å². The maximum absolute atomic E-state index is 8.61. The number of hydrogen-bond acceptors (Lipinski definition) is 4. The minimum atomic E-state index is 0.188. The van der Waals surface area contributed by atoms with Gasteiger partial charge < -0.3 is 21.0 Å². The highest BCUT2D eigenvalue weighted by Gasteiger charge is 2.13.